The van der Waals surface area contributed by atoms with Gasteiger partial charge < -0.3 is 15.4 Å². The summed E-state index contributed by atoms with van der Waals surface area (Å²) >= 11 is 0. The van der Waals surface area contributed by atoms with Crippen molar-refractivity contribution < 1.29 is 14.3 Å². The van der Waals surface area contributed by atoms with Crippen LogP contribution in [0.25, 0.3) is 0 Å². The van der Waals surface area contributed by atoms with E-state index in [0.717, 1.165) is 5.56 Å². The number of nitrogens with one attached hydrogen (secondary N) is 2. The number of hydrogen-bond acceptors (Lipinski definition) is 4. The molecule has 1 unspecified atom stereocenters. The van der Waals surface area contributed by atoms with Crippen LogP contribution in [0.15, 0.2) is 42.7 Å². The summed E-state index contributed by atoms with van der Waals surface area (Å²) in [6.45, 7) is 9.69. The lowest BCUT2D eigenvalue weighted by Gasteiger charge is -2.25. The highest BCUT2D eigenvalue weighted by atomic mass is 16.6. The van der Waals surface area contributed by atoms with Crippen LogP contribution in [-0.4, -0.2) is 33.4 Å². The number of rotatable bonds is 6. The summed E-state index contributed by atoms with van der Waals surface area (Å²) < 4.78 is 7.06. The van der Waals surface area contributed by atoms with E-state index in [9.17, 15) is 9.59 Å². The molecule has 2 N–H and O–H groups in total. The first-order valence-electron chi connectivity index (χ1n) is 9.01. The van der Waals surface area contributed by atoms with Crippen LogP contribution in [0.4, 0.5) is 10.5 Å². The summed E-state index contributed by atoms with van der Waals surface area (Å²) in [4.78, 5) is 24.7. The fourth-order valence-electron chi connectivity index (χ4n) is 2.52. The van der Waals surface area contributed by atoms with Crippen LogP contribution >= 0.6 is 0 Å². The third-order valence-electron chi connectivity index (χ3n) is 3.72. The number of amides is 2. The zero-order valence-corrected chi connectivity index (χ0v) is 16.5. The van der Waals surface area contributed by atoms with Crippen molar-refractivity contribution in [1.82, 2.24) is 15.1 Å². The van der Waals surface area contributed by atoms with E-state index in [0.29, 0.717) is 12.2 Å². The molecule has 1 aromatic carbocycles. The van der Waals surface area contributed by atoms with E-state index in [1.807, 2.05) is 55.1 Å². The number of ether oxygens (including phenoxy) is 1. The molecule has 27 heavy (non-hydrogen) atoms. The molecule has 2 amide bonds. The summed E-state index contributed by atoms with van der Waals surface area (Å²) in [7, 11) is 0. The van der Waals surface area contributed by atoms with E-state index < -0.39 is 17.7 Å². The van der Waals surface area contributed by atoms with Crippen molar-refractivity contribution in [3.05, 3.63) is 48.3 Å². The molecule has 7 heteroatoms. The zero-order valence-electron chi connectivity index (χ0n) is 16.5. The van der Waals surface area contributed by atoms with E-state index in [1.165, 1.54) is 0 Å². The Balaban J connectivity index is 2.03. The van der Waals surface area contributed by atoms with Gasteiger partial charge in [0.05, 0.1) is 6.54 Å². The van der Waals surface area contributed by atoms with E-state index in [2.05, 4.69) is 15.7 Å². The Hall–Kier alpha value is -2.83. The molecule has 1 heterocycles. The van der Waals surface area contributed by atoms with Crippen molar-refractivity contribution in [3.63, 3.8) is 0 Å². The van der Waals surface area contributed by atoms with Gasteiger partial charge in [0.25, 0.3) is 0 Å². The molecule has 0 bridgehead atoms. The van der Waals surface area contributed by atoms with Crippen molar-refractivity contribution in [2.45, 2.75) is 52.8 Å². The minimum atomic E-state index is -0.699. The second-order valence-electron chi connectivity index (χ2n) is 7.76. The molecular weight excluding hydrogens is 344 g/mol. The summed E-state index contributed by atoms with van der Waals surface area (Å²) in [5.74, 6) is -0.378. The highest BCUT2D eigenvalue weighted by Crippen LogP contribution is 2.14. The molecule has 0 spiro atoms. The first kappa shape index (κ1) is 20.5. The predicted octanol–water partition coefficient (Wildman–Crippen LogP) is 3.42. The van der Waals surface area contributed by atoms with Gasteiger partial charge in [-0.2, -0.15) is 5.10 Å². The number of aromatic nitrogens is 2. The van der Waals surface area contributed by atoms with E-state index >= 15 is 0 Å². The van der Waals surface area contributed by atoms with Crippen molar-refractivity contribution in [2.75, 3.05) is 5.32 Å². The monoisotopic (exact) mass is 372 g/mol. The summed E-state index contributed by atoms with van der Waals surface area (Å²) in [5, 5.41) is 9.71. The van der Waals surface area contributed by atoms with Gasteiger partial charge in [-0.15, -0.1) is 0 Å². The minimum Gasteiger partial charge on any atom is -0.444 e. The maximum Gasteiger partial charge on any atom is 0.408 e. The normalized spacial score (nSPS) is 12.5. The van der Waals surface area contributed by atoms with Gasteiger partial charge in [-0.3, -0.25) is 9.48 Å². The molecule has 2 rings (SSSR count). The van der Waals surface area contributed by atoms with Crippen LogP contribution in [0.5, 0.6) is 0 Å². The van der Waals surface area contributed by atoms with Crippen LogP contribution < -0.4 is 10.6 Å². The molecule has 0 aliphatic rings. The van der Waals surface area contributed by atoms with Gasteiger partial charge in [-0.1, -0.05) is 26.0 Å². The lowest BCUT2D eigenvalue weighted by molar-refractivity contribution is -0.119. The molecule has 146 valence electrons. The van der Waals surface area contributed by atoms with Crippen molar-refractivity contribution in [1.29, 1.82) is 0 Å². The van der Waals surface area contributed by atoms with Crippen molar-refractivity contribution >= 4 is 17.7 Å². The van der Waals surface area contributed by atoms with Gasteiger partial charge in [0.2, 0.25) is 5.91 Å². The Labute approximate surface area is 160 Å². The summed E-state index contributed by atoms with van der Waals surface area (Å²) in [5.41, 5.74) is 1.06. The molecule has 2 aromatic rings. The van der Waals surface area contributed by atoms with Crippen molar-refractivity contribution in [2.24, 2.45) is 5.92 Å². The number of carbonyl (C=O) groups excluding carboxylic acids is 2. The van der Waals surface area contributed by atoms with Crippen LogP contribution in [0.1, 0.15) is 40.2 Å². The fourth-order valence-corrected chi connectivity index (χ4v) is 2.52. The molecule has 0 saturated heterocycles. The van der Waals surface area contributed by atoms with Crippen molar-refractivity contribution in [3.8, 4) is 0 Å². The molecular formula is C20H28N4O3. The summed E-state index contributed by atoms with van der Waals surface area (Å²) in [6.07, 6.45) is 3.00. The molecule has 1 atom stereocenters. The van der Waals surface area contributed by atoms with E-state index in [1.54, 1.807) is 27.0 Å². The number of anilines is 1. The molecule has 0 fully saturated rings. The Morgan fingerprint density at radius 1 is 1.22 bits per heavy atom. The third kappa shape index (κ3) is 6.77. The van der Waals surface area contributed by atoms with E-state index in [4.69, 9.17) is 4.74 Å². The maximum absolute atomic E-state index is 12.7. The Morgan fingerprint density at radius 3 is 2.56 bits per heavy atom. The van der Waals surface area contributed by atoms with Crippen LogP contribution in [-0.2, 0) is 16.1 Å². The average Bonchev–Trinajstić information content (AvgIpc) is 3.03. The SMILES string of the molecule is CC(C)C(NC(=O)OC(C)(C)C)C(=O)Nc1cccc(Cn2cccn2)c1. The molecule has 1 aromatic heterocycles. The smallest absolute Gasteiger partial charge is 0.408 e. The number of hydrogen-bond donors (Lipinski definition) is 2. The van der Waals surface area contributed by atoms with Crippen LogP contribution in [0.2, 0.25) is 0 Å². The number of nitrogens with zero attached hydrogens (tertiary/aromatic N) is 2. The Bertz CT molecular complexity index is 764. The standard InChI is InChI=1S/C20H28N4O3/c1-14(2)17(23-19(26)27-20(3,4)5)18(25)22-16-9-6-8-15(12-16)13-24-11-7-10-21-24/h6-12,14,17H,13H2,1-5H3,(H,22,25)(H,23,26). The van der Waals surface area contributed by atoms with Gasteiger partial charge in [-0.25, -0.2) is 4.79 Å². The van der Waals surface area contributed by atoms with Gasteiger partial charge >= 0.3 is 6.09 Å². The maximum atomic E-state index is 12.7. The second-order valence-corrected chi connectivity index (χ2v) is 7.76. The zero-order chi connectivity index (χ0) is 20.0. The van der Waals surface area contributed by atoms with Gasteiger partial charge in [0, 0.05) is 18.1 Å². The molecule has 7 nitrogen and oxygen atoms in total. The second kappa shape index (κ2) is 8.70. The first-order valence-corrected chi connectivity index (χ1v) is 9.01. The average molecular weight is 372 g/mol. The molecule has 0 aliphatic carbocycles. The number of benzene rings is 1. The number of carbonyl (C=O) groups is 2. The molecule has 0 radical (unpaired) electrons. The van der Waals surface area contributed by atoms with Gasteiger partial charge in [0.1, 0.15) is 11.6 Å². The topological polar surface area (TPSA) is 85.2 Å². The third-order valence-corrected chi connectivity index (χ3v) is 3.72. The largest absolute Gasteiger partial charge is 0.444 e. The predicted molar refractivity (Wildman–Crippen MR) is 104 cm³/mol. The fraction of sp³-hybridized carbons (Fsp3) is 0.450. The minimum absolute atomic E-state index is 0.0928. The quantitative estimate of drug-likeness (QED) is 0.814. The molecule has 0 aliphatic heterocycles. The van der Waals surface area contributed by atoms with Gasteiger partial charge in [-0.05, 0) is 50.5 Å². The lowest BCUT2D eigenvalue weighted by atomic mass is 10.0. The summed E-state index contributed by atoms with van der Waals surface area (Å²) in [6, 6.07) is 8.71. The van der Waals surface area contributed by atoms with E-state index in [-0.39, 0.29) is 11.8 Å². The van der Waals surface area contributed by atoms with Gasteiger partial charge in [0.15, 0.2) is 0 Å². The number of alkyl carbamates (subject to hydrolysis) is 1. The Kier molecular flexibility index (Phi) is 6.60. The lowest BCUT2D eigenvalue weighted by Crippen LogP contribution is -2.48. The highest BCUT2D eigenvalue weighted by molar-refractivity contribution is 5.96. The first-order chi connectivity index (χ1) is 12.6. The van der Waals surface area contributed by atoms with Crippen LogP contribution in [0.3, 0.4) is 0 Å². The highest BCUT2D eigenvalue weighted by Gasteiger charge is 2.27. The van der Waals surface area contributed by atoms with Crippen LogP contribution in [0, 0.1) is 5.92 Å². The Morgan fingerprint density at radius 2 is 1.96 bits per heavy atom. The molecule has 0 saturated carbocycles.